The summed E-state index contributed by atoms with van der Waals surface area (Å²) in [6.45, 7) is 8.18. The van der Waals surface area contributed by atoms with Crippen LogP contribution in [-0.4, -0.2) is 32.8 Å². The molecule has 2 aromatic heterocycles. The summed E-state index contributed by atoms with van der Waals surface area (Å²) in [4.78, 5) is 29.5. The Balaban J connectivity index is 2.14. The van der Waals surface area contributed by atoms with Crippen molar-refractivity contribution < 1.29 is 14.3 Å². The van der Waals surface area contributed by atoms with Gasteiger partial charge in [-0.2, -0.15) is 10.1 Å². The lowest BCUT2D eigenvalue weighted by atomic mass is 10.2. The largest absolute Gasteiger partial charge is 0.462 e. The second-order valence-corrected chi connectivity index (χ2v) is 6.91. The van der Waals surface area contributed by atoms with Crippen molar-refractivity contribution in [3.8, 4) is 0 Å². The Morgan fingerprint density at radius 2 is 2.19 bits per heavy atom. The van der Waals surface area contributed by atoms with E-state index in [0.717, 1.165) is 15.8 Å². The van der Waals surface area contributed by atoms with Gasteiger partial charge in [0.25, 0.3) is 5.91 Å². The van der Waals surface area contributed by atoms with E-state index in [1.165, 1.54) is 16.0 Å². The van der Waals surface area contributed by atoms with Gasteiger partial charge in [-0.15, -0.1) is 6.58 Å². The third kappa shape index (κ3) is 3.61. The van der Waals surface area contributed by atoms with Crippen LogP contribution in [-0.2, 0) is 18.3 Å². The summed E-state index contributed by atoms with van der Waals surface area (Å²) in [6.07, 6.45) is 3.38. The van der Waals surface area contributed by atoms with E-state index in [9.17, 15) is 9.59 Å². The number of amides is 1. The molecular formula is C19H20N4O3S. The molecular weight excluding hydrogens is 364 g/mol. The third-order valence-electron chi connectivity index (χ3n) is 4.03. The Morgan fingerprint density at radius 1 is 1.41 bits per heavy atom. The van der Waals surface area contributed by atoms with Crippen molar-refractivity contribution in [2.75, 3.05) is 6.61 Å². The first kappa shape index (κ1) is 18.8. The fourth-order valence-corrected chi connectivity index (χ4v) is 3.88. The van der Waals surface area contributed by atoms with Gasteiger partial charge in [-0.3, -0.25) is 9.48 Å². The van der Waals surface area contributed by atoms with Crippen LogP contribution in [0, 0.1) is 6.92 Å². The van der Waals surface area contributed by atoms with Crippen molar-refractivity contribution in [2.45, 2.75) is 20.4 Å². The van der Waals surface area contributed by atoms with Crippen molar-refractivity contribution in [1.29, 1.82) is 0 Å². The minimum Gasteiger partial charge on any atom is -0.462 e. The Kier molecular flexibility index (Phi) is 5.36. The van der Waals surface area contributed by atoms with E-state index < -0.39 is 0 Å². The quantitative estimate of drug-likeness (QED) is 0.501. The number of allylic oxidation sites excluding steroid dienone is 1. The topological polar surface area (TPSA) is 78.5 Å². The number of aryl methyl sites for hydroxylation is 2. The fraction of sp³-hybridized carbons (Fsp3) is 0.263. The van der Waals surface area contributed by atoms with Crippen LogP contribution in [0.5, 0.6) is 0 Å². The number of rotatable bonds is 5. The Labute approximate surface area is 160 Å². The number of aromatic nitrogens is 3. The SMILES string of the molecule is C=CCn1c(=NC(=O)c2c(C)cnn2C)sc2cc(C(=O)OCC)ccc21. The molecule has 3 rings (SSSR count). The maximum absolute atomic E-state index is 12.7. The van der Waals surface area contributed by atoms with Crippen LogP contribution >= 0.6 is 11.3 Å². The van der Waals surface area contributed by atoms with Gasteiger partial charge in [0.2, 0.25) is 0 Å². The maximum atomic E-state index is 12.7. The van der Waals surface area contributed by atoms with Crippen molar-refractivity contribution in [3.05, 3.63) is 58.7 Å². The average molecular weight is 384 g/mol. The molecule has 0 N–H and O–H groups in total. The van der Waals surface area contributed by atoms with Gasteiger partial charge in [0.1, 0.15) is 5.69 Å². The highest BCUT2D eigenvalue weighted by atomic mass is 32.1. The molecule has 0 bridgehead atoms. The molecule has 8 heteroatoms. The van der Waals surface area contributed by atoms with Gasteiger partial charge in [-0.25, -0.2) is 4.79 Å². The second kappa shape index (κ2) is 7.71. The molecule has 7 nitrogen and oxygen atoms in total. The van der Waals surface area contributed by atoms with Gasteiger partial charge in [0, 0.05) is 19.2 Å². The minimum atomic E-state index is -0.372. The van der Waals surface area contributed by atoms with E-state index in [0.29, 0.717) is 29.2 Å². The van der Waals surface area contributed by atoms with Gasteiger partial charge in [-0.05, 0) is 32.0 Å². The number of ether oxygens (including phenoxy) is 1. The number of hydrogen-bond acceptors (Lipinski definition) is 5. The number of esters is 1. The van der Waals surface area contributed by atoms with Crippen LogP contribution in [0.2, 0.25) is 0 Å². The highest BCUT2D eigenvalue weighted by Gasteiger charge is 2.15. The Morgan fingerprint density at radius 3 is 2.81 bits per heavy atom. The molecule has 0 fully saturated rings. The van der Waals surface area contributed by atoms with Crippen LogP contribution in [0.25, 0.3) is 10.2 Å². The van der Waals surface area contributed by atoms with E-state index in [4.69, 9.17) is 4.74 Å². The fourth-order valence-electron chi connectivity index (χ4n) is 2.80. The van der Waals surface area contributed by atoms with E-state index in [1.807, 2.05) is 17.6 Å². The number of thiazole rings is 1. The standard InChI is InChI=1S/C19H20N4O3S/c1-5-9-23-14-8-7-13(18(25)26-6-2)10-15(14)27-19(23)21-17(24)16-12(3)11-20-22(16)4/h5,7-8,10-11H,1,6,9H2,2-4H3. The van der Waals surface area contributed by atoms with Crippen LogP contribution in [0.4, 0.5) is 0 Å². The molecule has 140 valence electrons. The van der Waals surface area contributed by atoms with Gasteiger partial charge in [0.05, 0.1) is 28.6 Å². The van der Waals surface area contributed by atoms with Gasteiger partial charge >= 0.3 is 5.97 Å². The second-order valence-electron chi connectivity index (χ2n) is 5.90. The van der Waals surface area contributed by atoms with Gasteiger partial charge < -0.3 is 9.30 Å². The normalized spacial score (nSPS) is 11.7. The molecule has 1 amide bonds. The van der Waals surface area contributed by atoms with Crippen molar-refractivity contribution in [2.24, 2.45) is 12.0 Å². The molecule has 0 saturated carbocycles. The zero-order chi connectivity index (χ0) is 19.6. The molecule has 0 spiro atoms. The van der Waals surface area contributed by atoms with Crippen LogP contribution in [0.1, 0.15) is 33.3 Å². The average Bonchev–Trinajstić information content (AvgIpc) is 3.14. The molecule has 0 saturated heterocycles. The number of hydrogen-bond donors (Lipinski definition) is 0. The first-order valence-electron chi connectivity index (χ1n) is 8.45. The lowest BCUT2D eigenvalue weighted by Gasteiger charge is -2.03. The molecule has 0 unspecified atom stereocenters. The van der Waals surface area contributed by atoms with Crippen LogP contribution in [0.3, 0.4) is 0 Å². The van der Waals surface area contributed by atoms with E-state index in [-0.39, 0.29) is 11.9 Å². The predicted molar refractivity (Wildman–Crippen MR) is 104 cm³/mol. The molecule has 2 heterocycles. The van der Waals surface area contributed by atoms with Crippen molar-refractivity contribution in [3.63, 3.8) is 0 Å². The van der Waals surface area contributed by atoms with Crippen molar-refractivity contribution in [1.82, 2.24) is 14.3 Å². The number of fused-ring (bicyclic) bond motifs is 1. The summed E-state index contributed by atoms with van der Waals surface area (Å²) in [6, 6.07) is 5.31. The molecule has 0 aliphatic carbocycles. The van der Waals surface area contributed by atoms with Gasteiger partial charge in [-0.1, -0.05) is 17.4 Å². The van der Waals surface area contributed by atoms with Gasteiger partial charge in [0.15, 0.2) is 4.80 Å². The Hall–Kier alpha value is -3.00. The maximum Gasteiger partial charge on any atom is 0.338 e. The monoisotopic (exact) mass is 384 g/mol. The van der Waals surface area contributed by atoms with Crippen LogP contribution in [0.15, 0.2) is 42.0 Å². The van der Waals surface area contributed by atoms with E-state index in [2.05, 4.69) is 16.7 Å². The molecule has 0 atom stereocenters. The lowest BCUT2D eigenvalue weighted by Crippen LogP contribution is -2.17. The Bertz CT molecular complexity index is 1080. The summed E-state index contributed by atoms with van der Waals surface area (Å²) in [7, 11) is 1.71. The summed E-state index contributed by atoms with van der Waals surface area (Å²) >= 11 is 1.34. The molecule has 27 heavy (non-hydrogen) atoms. The third-order valence-corrected chi connectivity index (χ3v) is 5.07. The first-order chi connectivity index (χ1) is 13.0. The zero-order valence-electron chi connectivity index (χ0n) is 15.4. The van der Waals surface area contributed by atoms with Crippen molar-refractivity contribution >= 4 is 33.4 Å². The lowest BCUT2D eigenvalue weighted by molar-refractivity contribution is 0.0526. The summed E-state index contributed by atoms with van der Waals surface area (Å²) in [5, 5.41) is 4.09. The zero-order valence-corrected chi connectivity index (χ0v) is 16.2. The minimum absolute atomic E-state index is 0.316. The number of carbonyl (C=O) groups excluding carboxylic acids is 2. The highest BCUT2D eigenvalue weighted by Crippen LogP contribution is 2.20. The predicted octanol–water partition coefficient (Wildman–Crippen LogP) is 2.85. The smallest absolute Gasteiger partial charge is 0.338 e. The molecule has 0 radical (unpaired) electrons. The van der Waals surface area contributed by atoms with E-state index >= 15 is 0 Å². The molecule has 0 aliphatic rings. The molecule has 0 aliphatic heterocycles. The number of benzene rings is 1. The molecule has 1 aromatic carbocycles. The van der Waals surface area contributed by atoms with Crippen LogP contribution < -0.4 is 4.80 Å². The molecule has 3 aromatic rings. The number of nitrogens with zero attached hydrogens (tertiary/aromatic N) is 4. The summed E-state index contributed by atoms with van der Waals surface area (Å²) in [5.74, 6) is -0.731. The summed E-state index contributed by atoms with van der Waals surface area (Å²) < 4.78 is 9.31. The number of carbonyl (C=O) groups is 2. The highest BCUT2D eigenvalue weighted by molar-refractivity contribution is 7.16. The summed E-state index contributed by atoms with van der Waals surface area (Å²) in [5.41, 5.74) is 2.56. The first-order valence-corrected chi connectivity index (χ1v) is 9.27. The van der Waals surface area contributed by atoms with E-state index in [1.54, 1.807) is 38.4 Å².